The number of hydrogen-bond donors (Lipinski definition) is 2. The lowest BCUT2D eigenvalue weighted by Gasteiger charge is -2.37. The van der Waals surface area contributed by atoms with Crippen LogP contribution in [0.15, 0.2) is 18.2 Å². The van der Waals surface area contributed by atoms with E-state index >= 15 is 0 Å². The largest absolute Gasteiger partial charge is 0.478 e. The van der Waals surface area contributed by atoms with Crippen molar-refractivity contribution in [1.82, 2.24) is 9.80 Å². The zero-order chi connectivity index (χ0) is 15.6. The molecule has 0 radical (unpaired) electrons. The highest BCUT2D eigenvalue weighted by Gasteiger charge is 2.24. The fourth-order valence-corrected chi connectivity index (χ4v) is 2.35. The van der Waals surface area contributed by atoms with Crippen LogP contribution in [0.2, 0.25) is 5.02 Å². The fraction of sp³-hybridized carbons (Fsp3) is 0.429. The van der Waals surface area contributed by atoms with Crippen molar-refractivity contribution in [2.24, 2.45) is 0 Å². The molecule has 0 spiro atoms. The lowest BCUT2D eigenvalue weighted by atomic mass is 10.2. The first-order chi connectivity index (χ1) is 9.88. The maximum Gasteiger partial charge on any atom is 0.335 e. The molecule has 0 bridgehead atoms. The van der Waals surface area contributed by atoms with Gasteiger partial charge in [-0.05, 0) is 32.2 Å². The number of rotatable bonds is 2. The Morgan fingerprint density at radius 1 is 1.38 bits per heavy atom. The standard InChI is InChI=1S/C14H18ClN3O3/c1-9-8-18(6-5-17(9)2)14(21)16-12-7-10(13(19)20)3-4-11(12)15/h3-4,7,9H,5-6,8H2,1-2H3,(H,16,21)(H,19,20). The molecule has 1 aliphatic heterocycles. The molecular formula is C14H18ClN3O3. The van der Waals surface area contributed by atoms with Crippen LogP contribution >= 0.6 is 11.6 Å². The topological polar surface area (TPSA) is 72.9 Å². The molecule has 2 amide bonds. The van der Waals surface area contributed by atoms with Crippen molar-refractivity contribution in [3.63, 3.8) is 0 Å². The molecule has 1 aromatic carbocycles. The molecule has 2 rings (SSSR count). The van der Waals surface area contributed by atoms with E-state index < -0.39 is 5.97 Å². The number of nitrogens with zero attached hydrogens (tertiary/aromatic N) is 2. The normalized spacial score (nSPS) is 19.4. The molecule has 21 heavy (non-hydrogen) atoms. The van der Waals surface area contributed by atoms with Crippen LogP contribution in [0.25, 0.3) is 0 Å². The number of urea groups is 1. The molecule has 114 valence electrons. The maximum atomic E-state index is 12.2. The van der Waals surface area contributed by atoms with Gasteiger partial charge < -0.3 is 20.2 Å². The van der Waals surface area contributed by atoms with Crippen LogP contribution in [0.3, 0.4) is 0 Å². The number of carbonyl (C=O) groups excluding carboxylic acids is 1. The van der Waals surface area contributed by atoms with Crippen molar-refractivity contribution in [2.75, 3.05) is 32.0 Å². The van der Waals surface area contributed by atoms with Gasteiger partial charge in [-0.15, -0.1) is 0 Å². The Kier molecular flexibility index (Phi) is 4.69. The smallest absolute Gasteiger partial charge is 0.335 e. The predicted octanol–water partition coefficient (Wildman–Crippen LogP) is 2.21. The number of piperazine rings is 1. The number of anilines is 1. The van der Waals surface area contributed by atoms with Gasteiger partial charge in [0.1, 0.15) is 0 Å². The molecule has 6 nitrogen and oxygen atoms in total. The number of carbonyl (C=O) groups is 2. The van der Waals surface area contributed by atoms with Gasteiger partial charge in [0.15, 0.2) is 0 Å². The molecule has 1 aromatic rings. The van der Waals surface area contributed by atoms with Crippen LogP contribution in [0.1, 0.15) is 17.3 Å². The lowest BCUT2D eigenvalue weighted by molar-refractivity contribution is 0.0697. The second-order valence-corrected chi connectivity index (χ2v) is 5.61. The minimum Gasteiger partial charge on any atom is -0.478 e. The number of amides is 2. The number of carboxylic acid groups (broad SMARTS) is 1. The Morgan fingerprint density at radius 2 is 2.10 bits per heavy atom. The monoisotopic (exact) mass is 311 g/mol. The summed E-state index contributed by atoms with van der Waals surface area (Å²) in [6, 6.07) is 4.25. The minimum atomic E-state index is -1.06. The second-order valence-electron chi connectivity index (χ2n) is 5.21. The predicted molar refractivity (Wildman–Crippen MR) is 81.1 cm³/mol. The van der Waals surface area contributed by atoms with E-state index in [1.54, 1.807) is 4.90 Å². The van der Waals surface area contributed by atoms with E-state index in [9.17, 15) is 9.59 Å². The van der Waals surface area contributed by atoms with Crippen molar-refractivity contribution >= 4 is 29.3 Å². The average molecular weight is 312 g/mol. The van der Waals surface area contributed by atoms with E-state index in [-0.39, 0.29) is 17.6 Å². The van der Waals surface area contributed by atoms with E-state index in [0.717, 1.165) is 6.54 Å². The summed E-state index contributed by atoms with van der Waals surface area (Å²) in [5.41, 5.74) is 0.398. The van der Waals surface area contributed by atoms with Gasteiger partial charge >= 0.3 is 12.0 Å². The summed E-state index contributed by atoms with van der Waals surface area (Å²) in [5.74, 6) is -1.06. The molecule has 7 heteroatoms. The van der Waals surface area contributed by atoms with Gasteiger partial charge in [0.2, 0.25) is 0 Å². The number of benzene rings is 1. The summed E-state index contributed by atoms with van der Waals surface area (Å²) >= 11 is 6.00. The zero-order valence-electron chi connectivity index (χ0n) is 12.0. The van der Waals surface area contributed by atoms with Gasteiger partial charge in [-0.1, -0.05) is 11.6 Å². The first-order valence-corrected chi connectivity index (χ1v) is 7.05. The number of aromatic carboxylic acids is 1. The van der Waals surface area contributed by atoms with Crippen LogP contribution in [0.4, 0.5) is 10.5 Å². The third-order valence-corrected chi connectivity index (χ3v) is 4.03. The van der Waals surface area contributed by atoms with E-state index in [1.165, 1.54) is 18.2 Å². The molecule has 2 N–H and O–H groups in total. The van der Waals surface area contributed by atoms with Crippen LogP contribution in [-0.4, -0.2) is 59.6 Å². The van der Waals surface area contributed by atoms with Gasteiger partial charge in [-0.2, -0.15) is 0 Å². The highest BCUT2D eigenvalue weighted by Crippen LogP contribution is 2.23. The number of likely N-dealkylation sites (N-methyl/N-ethyl adjacent to an activating group) is 1. The van der Waals surface area contributed by atoms with Crippen molar-refractivity contribution in [2.45, 2.75) is 13.0 Å². The van der Waals surface area contributed by atoms with Crippen molar-refractivity contribution in [3.8, 4) is 0 Å². The Bertz CT molecular complexity index is 564. The fourth-order valence-electron chi connectivity index (χ4n) is 2.18. The van der Waals surface area contributed by atoms with Crippen molar-refractivity contribution in [1.29, 1.82) is 0 Å². The Balaban J connectivity index is 2.09. The second kappa shape index (κ2) is 6.32. The molecule has 0 aromatic heterocycles. The molecule has 1 unspecified atom stereocenters. The zero-order valence-corrected chi connectivity index (χ0v) is 12.7. The summed E-state index contributed by atoms with van der Waals surface area (Å²) in [6.45, 7) is 4.11. The van der Waals surface area contributed by atoms with E-state index in [0.29, 0.717) is 23.8 Å². The van der Waals surface area contributed by atoms with Gasteiger partial charge in [0.05, 0.1) is 16.3 Å². The quantitative estimate of drug-likeness (QED) is 0.878. The summed E-state index contributed by atoms with van der Waals surface area (Å²) in [5, 5.41) is 12.0. The van der Waals surface area contributed by atoms with Crippen LogP contribution in [0, 0.1) is 0 Å². The van der Waals surface area contributed by atoms with Crippen LogP contribution < -0.4 is 5.32 Å². The minimum absolute atomic E-state index is 0.0847. The van der Waals surface area contributed by atoms with Gasteiger partial charge in [-0.3, -0.25) is 0 Å². The number of hydrogen-bond acceptors (Lipinski definition) is 3. The Labute approximate surface area is 128 Å². The molecule has 1 saturated heterocycles. The van der Waals surface area contributed by atoms with E-state index in [4.69, 9.17) is 16.7 Å². The lowest BCUT2D eigenvalue weighted by Crippen LogP contribution is -2.53. The van der Waals surface area contributed by atoms with E-state index in [1.807, 2.05) is 7.05 Å². The molecule has 1 aliphatic rings. The Morgan fingerprint density at radius 3 is 2.71 bits per heavy atom. The third-order valence-electron chi connectivity index (χ3n) is 3.70. The van der Waals surface area contributed by atoms with Crippen molar-refractivity contribution < 1.29 is 14.7 Å². The first-order valence-electron chi connectivity index (χ1n) is 6.67. The molecule has 1 atom stereocenters. The first kappa shape index (κ1) is 15.6. The molecule has 0 aliphatic carbocycles. The van der Waals surface area contributed by atoms with Gasteiger partial charge in [-0.25, -0.2) is 9.59 Å². The molecule has 0 saturated carbocycles. The SMILES string of the molecule is CC1CN(C(=O)Nc2cc(C(=O)O)ccc2Cl)CCN1C. The highest BCUT2D eigenvalue weighted by atomic mass is 35.5. The summed E-state index contributed by atoms with van der Waals surface area (Å²) < 4.78 is 0. The van der Waals surface area contributed by atoms with Crippen molar-refractivity contribution in [3.05, 3.63) is 28.8 Å². The summed E-state index contributed by atoms with van der Waals surface area (Å²) in [4.78, 5) is 27.1. The number of halogens is 1. The van der Waals surface area contributed by atoms with E-state index in [2.05, 4.69) is 17.1 Å². The molecule has 1 fully saturated rings. The van der Waals surface area contributed by atoms with Gasteiger partial charge in [0, 0.05) is 25.7 Å². The Hall–Kier alpha value is -1.79. The molecule has 1 heterocycles. The maximum absolute atomic E-state index is 12.2. The number of nitrogens with one attached hydrogen (secondary N) is 1. The summed E-state index contributed by atoms with van der Waals surface area (Å²) in [6.07, 6.45) is 0. The summed E-state index contributed by atoms with van der Waals surface area (Å²) in [7, 11) is 2.02. The van der Waals surface area contributed by atoms with Gasteiger partial charge in [0.25, 0.3) is 0 Å². The van der Waals surface area contributed by atoms with Crippen LogP contribution in [0.5, 0.6) is 0 Å². The number of carboxylic acids is 1. The highest BCUT2D eigenvalue weighted by molar-refractivity contribution is 6.33. The third kappa shape index (κ3) is 3.65. The van der Waals surface area contributed by atoms with Crippen LogP contribution in [-0.2, 0) is 0 Å². The average Bonchev–Trinajstić information content (AvgIpc) is 2.43. The molecular weight excluding hydrogens is 294 g/mol.